The van der Waals surface area contributed by atoms with Crippen LogP contribution in [0.4, 0.5) is 0 Å². The molecule has 0 fully saturated rings. The molecule has 0 aliphatic heterocycles. The summed E-state index contributed by atoms with van der Waals surface area (Å²) in [5.41, 5.74) is 1.17. The summed E-state index contributed by atoms with van der Waals surface area (Å²) >= 11 is 0. The van der Waals surface area contributed by atoms with Gasteiger partial charge in [0.2, 0.25) is 5.91 Å². The standard InChI is InChI=1S/C23H32N2O4/c1-17(2)25(19(4)23(27)28-5)16-22(26)24(15-21-12-11-18(3)29-21)14-13-20-9-7-6-8-10-20/h6-12,17,19H,13-16H2,1-5H3. The van der Waals surface area contributed by atoms with E-state index in [1.54, 1.807) is 11.8 Å². The molecule has 1 aromatic heterocycles. The molecule has 0 saturated heterocycles. The number of carbonyl (C=O) groups is 2. The molecule has 0 aliphatic carbocycles. The lowest BCUT2D eigenvalue weighted by Gasteiger charge is -2.32. The number of rotatable bonds is 10. The second kappa shape index (κ2) is 10.8. The molecule has 29 heavy (non-hydrogen) atoms. The summed E-state index contributed by atoms with van der Waals surface area (Å²) < 4.78 is 10.6. The number of esters is 1. The van der Waals surface area contributed by atoms with Crippen LogP contribution < -0.4 is 0 Å². The first-order valence-electron chi connectivity index (χ1n) is 10.0. The normalized spacial score (nSPS) is 12.2. The molecule has 158 valence electrons. The zero-order valence-corrected chi connectivity index (χ0v) is 18.1. The first-order valence-corrected chi connectivity index (χ1v) is 10.0. The largest absolute Gasteiger partial charge is 0.468 e. The highest BCUT2D eigenvalue weighted by atomic mass is 16.5. The predicted octanol–water partition coefficient (Wildman–Crippen LogP) is 3.43. The van der Waals surface area contributed by atoms with Crippen molar-refractivity contribution in [2.45, 2.75) is 52.7 Å². The number of methoxy groups -OCH3 is 1. The Morgan fingerprint density at radius 3 is 2.31 bits per heavy atom. The average molecular weight is 401 g/mol. The van der Waals surface area contributed by atoms with E-state index in [-0.39, 0.29) is 24.5 Å². The summed E-state index contributed by atoms with van der Waals surface area (Å²) in [5.74, 6) is 1.18. The summed E-state index contributed by atoms with van der Waals surface area (Å²) in [7, 11) is 1.37. The average Bonchev–Trinajstić information content (AvgIpc) is 3.13. The van der Waals surface area contributed by atoms with Crippen LogP contribution in [0.25, 0.3) is 0 Å². The van der Waals surface area contributed by atoms with Crippen molar-refractivity contribution in [1.82, 2.24) is 9.80 Å². The van der Waals surface area contributed by atoms with Crippen molar-refractivity contribution in [3.05, 3.63) is 59.5 Å². The van der Waals surface area contributed by atoms with Gasteiger partial charge < -0.3 is 14.1 Å². The zero-order valence-electron chi connectivity index (χ0n) is 18.1. The lowest BCUT2D eigenvalue weighted by Crippen LogP contribution is -2.49. The number of ether oxygens (including phenoxy) is 1. The van der Waals surface area contributed by atoms with Gasteiger partial charge in [0.05, 0.1) is 20.2 Å². The first kappa shape index (κ1) is 22.7. The third-order valence-electron chi connectivity index (χ3n) is 5.03. The quantitative estimate of drug-likeness (QED) is 0.572. The van der Waals surface area contributed by atoms with E-state index < -0.39 is 6.04 Å². The van der Waals surface area contributed by atoms with Gasteiger partial charge in [-0.25, -0.2) is 0 Å². The van der Waals surface area contributed by atoms with Crippen molar-refractivity contribution < 1.29 is 18.7 Å². The molecule has 1 amide bonds. The smallest absolute Gasteiger partial charge is 0.322 e. The lowest BCUT2D eigenvalue weighted by molar-refractivity contribution is -0.148. The second-order valence-corrected chi connectivity index (χ2v) is 7.53. The molecule has 6 heteroatoms. The van der Waals surface area contributed by atoms with Gasteiger partial charge in [-0.05, 0) is 51.8 Å². The van der Waals surface area contributed by atoms with Gasteiger partial charge in [0.25, 0.3) is 0 Å². The molecule has 0 spiro atoms. The molecular weight excluding hydrogens is 368 g/mol. The molecule has 1 heterocycles. The number of hydrogen-bond donors (Lipinski definition) is 0. The van der Waals surface area contributed by atoms with E-state index >= 15 is 0 Å². The Bertz CT molecular complexity index is 785. The first-order chi connectivity index (χ1) is 13.8. The van der Waals surface area contributed by atoms with Gasteiger partial charge in [-0.2, -0.15) is 0 Å². The third-order valence-corrected chi connectivity index (χ3v) is 5.03. The molecule has 1 unspecified atom stereocenters. The van der Waals surface area contributed by atoms with Crippen molar-refractivity contribution in [2.24, 2.45) is 0 Å². The minimum absolute atomic E-state index is 0.0230. The number of carbonyl (C=O) groups excluding carboxylic acids is 2. The van der Waals surface area contributed by atoms with Crippen LogP contribution in [0.3, 0.4) is 0 Å². The van der Waals surface area contributed by atoms with Crippen molar-refractivity contribution in [1.29, 1.82) is 0 Å². The highest BCUT2D eigenvalue weighted by Crippen LogP contribution is 2.14. The number of aryl methyl sites for hydroxylation is 1. The molecule has 0 aliphatic rings. The number of furan rings is 1. The van der Waals surface area contributed by atoms with E-state index in [0.29, 0.717) is 13.1 Å². The summed E-state index contributed by atoms with van der Waals surface area (Å²) in [5, 5.41) is 0. The number of benzene rings is 1. The third kappa shape index (κ3) is 6.75. The van der Waals surface area contributed by atoms with Crippen molar-refractivity contribution >= 4 is 11.9 Å². The lowest BCUT2D eigenvalue weighted by atomic mass is 10.1. The van der Waals surface area contributed by atoms with Crippen molar-refractivity contribution in [3.63, 3.8) is 0 Å². The fourth-order valence-corrected chi connectivity index (χ4v) is 3.29. The monoisotopic (exact) mass is 400 g/mol. The van der Waals surface area contributed by atoms with Crippen molar-refractivity contribution in [2.75, 3.05) is 20.2 Å². The van der Waals surface area contributed by atoms with Gasteiger partial charge in [0.15, 0.2) is 0 Å². The van der Waals surface area contributed by atoms with Crippen LogP contribution in [-0.4, -0.2) is 54.0 Å². The van der Waals surface area contributed by atoms with E-state index in [2.05, 4.69) is 12.1 Å². The van der Waals surface area contributed by atoms with E-state index in [9.17, 15) is 9.59 Å². The minimum atomic E-state index is -0.495. The maximum absolute atomic E-state index is 13.2. The van der Waals surface area contributed by atoms with Crippen LogP contribution in [0.15, 0.2) is 46.9 Å². The Labute approximate surface area is 173 Å². The molecule has 0 N–H and O–H groups in total. The van der Waals surface area contributed by atoms with Crippen LogP contribution in [0.5, 0.6) is 0 Å². The molecule has 6 nitrogen and oxygen atoms in total. The molecule has 2 rings (SSSR count). The summed E-state index contributed by atoms with van der Waals surface area (Å²) in [6.45, 7) is 8.71. The molecule has 0 saturated carbocycles. The molecule has 1 atom stereocenters. The Hall–Kier alpha value is -2.60. The molecule has 0 bridgehead atoms. The van der Waals surface area contributed by atoms with E-state index in [0.717, 1.165) is 17.9 Å². The Morgan fingerprint density at radius 2 is 1.76 bits per heavy atom. The molecule has 2 aromatic rings. The molecular formula is C23H32N2O4. The van der Waals surface area contributed by atoms with Gasteiger partial charge in [-0.3, -0.25) is 14.5 Å². The Kier molecular flexibility index (Phi) is 8.46. The van der Waals surface area contributed by atoms with E-state index in [1.807, 2.05) is 56.0 Å². The highest BCUT2D eigenvalue weighted by Gasteiger charge is 2.28. The van der Waals surface area contributed by atoms with Crippen LogP contribution in [0.1, 0.15) is 37.9 Å². The highest BCUT2D eigenvalue weighted by molar-refractivity contribution is 5.80. The van der Waals surface area contributed by atoms with Gasteiger partial charge >= 0.3 is 5.97 Å². The fourth-order valence-electron chi connectivity index (χ4n) is 3.29. The van der Waals surface area contributed by atoms with E-state index in [1.165, 1.54) is 12.7 Å². The predicted molar refractivity (Wildman–Crippen MR) is 112 cm³/mol. The van der Waals surface area contributed by atoms with Crippen LogP contribution in [0, 0.1) is 6.92 Å². The summed E-state index contributed by atoms with van der Waals surface area (Å²) in [6, 6.07) is 13.4. The minimum Gasteiger partial charge on any atom is -0.468 e. The van der Waals surface area contributed by atoms with Gasteiger partial charge in [0, 0.05) is 12.6 Å². The van der Waals surface area contributed by atoms with Gasteiger partial charge in [-0.15, -0.1) is 0 Å². The van der Waals surface area contributed by atoms with Crippen LogP contribution in [-0.2, 0) is 27.3 Å². The summed E-state index contributed by atoms with van der Waals surface area (Å²) in [6.07, 6.45) is 0.751. The van der Waals surface area contributed by atoms with Crippen LogP contribution in [0.2, 0.25) is 0 Å². The number of nitrogens with zero attached hydrogens (tertiary/aromatic N) is 2. The second-order valence-electron chi connectivity index (χ2n) is 7.53. The Balaban J connectivity index is 2.13. The number of hydrogen-bond acceptors (Lipinski definition) is 5. The van der Waals surface area contributed by atoms with Gasteiger partial charge in [0.1, 0.15) is 17.6 Å². The topological polar surface area (TPSA) is 63.0 Å². The fraction of sp³-hybridized carbons (Fsp3) is 0.478. The Morgan fingerprint density at radius 1 is 1.07 bits per heavy atom. The molecule has 1 aromatic carbocycles. The maximum atomic E-state index is 13.2. The zero-order chi connectivity index (χ0) is 21.4. The van der Waals surface area contributed by atoms with Crippen LogP contribution >= 0.6 is 0 Å². The molecule has 0 radical (unpaired) electrons. The van der Waals surface area contributed by atoms with Gasteiger partial charge in [-0.1, -0.05) is 30.3 Å². The van der Waals surface area contributed by atoms with E-state index in [4.69, 9.17) is 9.15 Å². The summed E-state index contributed by atoms with van der Waals surface area (Å²) in [4.78, 5) is 28.9. The maximum Gasteiger partial charge on any atom is 0.322 e. The number of amides is 1. The van der Waals surface area contributed by atoms with Crippen molar-refractivity contribution in [3.8, 4) is 0 Å². The SMILES string of the molecule is COC(=O)C(C)N(CC(=O)N(CCc1ccccc1)Cc1ccc(C)o1)C(C)C.